The van der Waals surface area contributed by atoms with Gasteiger partial charge < -0.3 is 16.0 Å². The summed E-state index contributed by atoms with van der Waals surface area (Å²) < 4.78 is 14.0. The monoisotopic (exact) mass is 439 g/mol. The van der Waals surface area contributed by atoms with E-state index >= 15 is 0 Å². The summed E-state index contributed by atoms with van der Waals surface area (Å²) >= 11 is 0. The van der Waals surface area contributed by atoms with Crippen molar-refractivity contribution < 1.29 is 9.18 Å². The Kier molecular flexibility index (Phi) is 5.89. The van der Waals surface area contributed by atoms with Crippen LogP contribution in [0.4, 0.5) is 10.3 Å². The number of nitrogens with zero attached hydrogens (tertiary/aromatic N) is 3. The molecule has 1 amide bonds. The maximum absolute atomic E-state index is 14.0. The van der Waals surface area contributed by atoms with Gasteiger partial charge in [0.05, 0.1) is 17.3 Å². The summed E-state index contributed by atoms with van der Waals surface area (Å²) in [6.07, 6.45) is 1.50. The fraction of sp³-hybridized carbons (Fsp3) is 0.261. The molecule has 3 aromatic rings. The van der Waals surface area contributed by atoms with E-state index in [1.54, 1.807) is 6.07 Å². The number of hydrogen-bond donors (Lipinski definition) is 2. The number of fused-ring (bicyclic) bond motifs is 1. The summed E-state index contributed by atoms with van der Waals surface area (Å²) in [6, 6.07) is 15.8. The zero-order chi connectivity index (χ0) is 20.7. The second-order valence-electron chi connectivity index (χ2n) is 7.90. The standard InChI is InChI=1S/C23H22FN5O.ClH/c24-17-8-4-7-15(9-17)21-18-11-26-10-16(18)13-29(21)22(30)19-12-27-23(25)28-20(19)14-5-2-1-3-6-14;/h1-9,12,16,18,21,26H,10-11,13H2,(H2,25,27,28);1H/t16-,18-,21-;/m0./s1. The Morgan fingerprint density at radius 1 is 1.13 bits per heavy atom. The third kappa shape index (κ3) is 3.86. The molecular weight excluding hydrogens is 417 g/mol. The van der Waals surface area contributed by atoms with Gasteiger partial charge in [-0.05, 0) is 23.6 Å². The van der Waals surface area contributed by atoms with Crippen molar-refractivity contribution in [2.24, 2.45) is 11.8 Å². The van der Waals surface area contributed by atoms with Gasteiger partial charge in [0, 0.05) is 37.3 Å². The van der Waals surface area contributed by atoms with Gasteiger partial charge >= 0.3 is 0 Å². The molecule has 0 unspecified atom stereocenters. The third-order valence-electron chi connectivity index (χ3n) is 6.10. The van der Waals surface area contributed by atoms with Crippen LogP contribution in [0.2, 0.25) is 0 Å². The number of nitrogens with one attached hydrogen (secondary N) is 1. The molecule has 0 saturated carbocycles. The molecule has 160 valence electrons. The van der Waals surface area contributed by atoms with E-state index in [1.807, 2.05) is 41.3 Å². The van der Waals surface area contributed by atoms with Crippen molar-refractivity contribution in [3.8, 4) is 11.3 Å². The van der Waals surface area contributed by atoms with E-state index in [-0.39, 0.29) is 42.0 Å². The van der Waals surface area contributed by atoms with E-state index in [1.165, 1.54) is 18.3 Å². The molecule has 31 heavy (non-hydrogen) atoms. The van der Waals surface area contributed by atoms with Gasteiger partial charge in [-0.2, -0.15) is 0 Å². The third-order valence-corrected chi connectivity index (χ3v) is 6.10. The Bertz CT molecular complexity index is 1100. The molecule has 0 bridgehead atoms. The Morgan fingerprint density at radius 3 is 2.71 bits per heavy atom. The molecule has 2 fully saturated rings. The first-order valence-corrected chi connectivity index (χ1v) is 10.1. The molecule has 2 aliphatic heterocycles. The number of amides is 1. The summed E-state index contributed by atoms with van der Waals surface area (Å²) in [5, 5.41) is 3.41. The van der Waals surface area contributed by atoms with E-state index in [2.05, 4.69) is 15.3 Å². The molecule has 2 aromatic carbocycles. The fourth-order valence-corrected chi connectivity index (χ4v) is 4.77. The van der Waals surface area contributed by atoms with Crippen LogP contribution in [-0.4, -0.2) is 40.4 Å². The Hall–Kier alpha value is -3.03. The lowest BCUT2D eigenvalue weighted by atomic mass is 9.89. The minimum atomic E-state index is -0.296. The number of hydrogen-bond acceptors (Lipinski definition) is 5. The van der Waals surface area contributed by atoms with Crippen LogP contribution in [0, 0.1) is 17.7 Å². The van der Waals surface area contributed by atoms with Gasteiger partial charge in [0.15, 0.2) is 0 Å². The van der Waals surface area contributed by atoms with Gasteiger partial charge in [-0.1, -0.05) is 42.5 Å². The van der Waals surface area contributed by atoms with Gasteiger partial charge in [0.1, 0.15) is 5.82 Å². The molecule has 0 spiro atoms. The number of nitrogens with two attached hydrogens (primary N) is 1. The van der Waals surface area contributed by atoms with Crippen LogP contribution in [0.15, 0.2) is 60.8 Å². The predicted molar refractivity (Wildman–Crippen MR) is 119 cm³/mol. The number of likely N-dealkylation sites (tertiary alicyclic amines) is 1. The molecule has 5 rings (SSSR count). The SMILES string of the molecule is Cl.Nc1ncc(C(=O)N2C[C@@H]3CNC[C@@H]3[C@@H]2c2cccc(F)c2)c(-c2ccccc2)n1. The van der Waals surface area contributed by atoms with Crippen LogP contribution in [0.25, 0.3) is 11.3 Å². The van der Waals surface area contributed by atoms with E-state index in [0.29, 0.717) is 23.7 Å². The van der Waals surface area contributed by atoms with Crippen molar-refractivity contribution in [3.63, 3.8) is 0 Å². The molecule has 3 atom stereocenters. The largest absolute Gasteiger partial charge is 0.368 e. The smallest absolute Gasteiger partial charge is 0.258 e. The lowest BCUT2D eigenvalue weighted by Gasteiger charge is -2.29. The first-order valence-electron chi connectivity index (χ1n) is 10.1. The predicted octanol–water partition coefficient (Wildman–Crippen LogP) is 3.32. The van der Waals surface area contributed by atoms with Crippen molar-refractivity contribution in [1.82, 2.24) is 20.2 Å². The number of carbonyl (C=O) groups is 1. The molecule has 2 aliphatic rings. The Balaban J connectivity index is 0.00000231. The molecule has 2 saturated heterocycles. The molecular formula is C23H23ClFN5O. The second kappa shape index (κ2) is 8.61. The van der Waals surface area contributed by atoms with E-state index < -0.39 is 0 Å². The van der Waals surface area contributed by atoms with Crippen molar-refractivity contribution in [3.05, 3.63) is 77.7 Å². The number of benzene rings is 2. The summed E-state index contributed by atoms with van der Waals surface area (Å²) in [4.78, 5) is 24.1. The molecule has 6 nitrogen and oxygen atoms in total. The van der Waals surface area contributed by atoms with E-state index in [4.69, 9.17) is 5.73 Å². The normalized spacial score (nSPS) is 22.1. The lowest BCUT2D eigenvalue weighted by molar-refractivity contribution is 0.0714. The summed E-state index contributed by atoms with van der Waals surface area (Å²) in [5.41, 5.74) is 8.37. The number of rotatable bonds is 3. The average molecular weight is 440 g/mol. The van der Waals surface area contributed by atoms with Crippen molar-refractivity contribution >= 4 is 24.3 Å². The van der Waals surface area contributed by atoms with Crippen LogP contribution in [0.3, 0.4) is 0 Å². The number of carbonyl (C=O) groups excluding carboxylic acids is 1. The maximum Gasteiger partial charge on any atom is 0.258 e. The topological polar surface area (TPSA) is 84.1 Å². The highest BCUT2D eigenvalue weighted by atomic mass is 35.5. The van der Waals surface area contributed by atoms with Crippen molar-refractivity contribution in [2.75, 3.05) is 25.4 Å². The summed E-state index contributed by atoms with van der Waals surface area (Å²) in [5.74, 6) is 0.241. The zero-order valence-electron chi connectivity index (χ0n) is 16.7. The molecule has 8 heteroatoms. The van der Waals surface area contributed by atoms with Gasteiger partial charge in [0.25, 0.3) is 5.91 Å². The Labute approximate surface area is 186 Å². The lowest BCUT2D eigenvalue weighted by Crippen LogP contribution is -2.35. The molecule has 3 heterocycles. The van der Waals surface area contributed by atoms with Gasteiger partial charge in [-0.3, -0.25) is 4.79 Å². The second-order valence-corrected chi connectivity index (χ2v) is 7.90. The van der Waals surface area contributed by atoms with Crippen LogP contribution in [0.5, 0.6) is 0 Å². The number of anilines is 1. The molecule has 1 aromatic heterocycles. The van der Waals surface area contributed by atoms with Crippen LogP contribution < -0.4 is 11.1 Å². The van der Waals surface area contributed by atoms with Gasteiger partial charge in [0.2, 0.25) is 5.95 Å². The van der Waals surface area contributed by atoms with Crippen LogP contribution in [0.1, 0.15) is 22.0 Å². The highest BCUT2D eigenvalue weighted by Crippen LogP contribution is 2.43. The number of aromatic nitrogens is 2. The minimum absolute atomic E-state index is 0. The van der Waals surface area contributed by atoms with Crippen LogP contribution >= 0.6 is 12.4 Å². The molecule has 3 N–H and O–H groups in total. The van der Waals surface area contributed by atoms with E-state index in [0.717, 1.165) is 24.2 Å². The maximum atomic E-state index is 14.0. The van der Waals surface area contributed by atoms with Crippen molar-refractivity contribution in [2.45, 2.75) is 6.04 Å². The van der Waals surface area contributed by atoms with Crippen LogP contribution in [-0.2, 0) is 0 Å². The molecule has 0 radical (unpaired) electrons. The fourth-order valence-electron chi connectivity index (χ4n) is 4.77. The first kappa shape index (κ1) is 21.2. The number of halogens is 2. The average Bonchev–Trinajstić information content (AvgIpc) is 3.35. The van der Waals surface area contributed by atoms with Crippen molar-refractivity contribution in [1.29, 1.82) is 0 Å². The quantitative estimate of drug-likeness (QED) is 0.654. The highest BCUT2D eigenvalue weighted by Gasteiger charge is 2.47. The minimum Gasteiger partial charge on any atom is -0.368 e. The Morgan fingerprint density at radius 2 is 1.94 bits per heavy atom. The summed E-state index contributed by atoms with van der Waals surface area (Å²) in [7, 11) is 0. The van der Waals surface area contributed by atoms with E-state index in [9.17, 15) is 9.18 Å². The highest BCUT2D eigenvalue weighted by molar-refractivity contribution is 6.00. The van der Waals surface area contributed by atoms with Gasteiger partial charge in [-0.15, -0.1) is 12.4 Å². The summed E-state index contributed by atoms with van der Waals surface area (Å²) in [6.45, 7) is 2.26. The van der Waals surface area contributed by atoms with Gasteiger partial charge in [-0.25, -0.2) is 14.4 Å². The number of nitrogen functional groups attached to an aromatic ring is 1. The zero-order valence-corrected chi connectivity index (χ0v) is 17.6. The molecule has 0 aliphatic carbocycles. The first-order chi connectivity index (χ1) is 14.6.